The maximum absolute atomic E-state index is 12.3. The molecular weight excluding hydrogens is 304 g/mol. The number of piperazine rings is 1. The zero-order valence-corrected chi connectivity index (χ0v) is 13.2. The van der Waals surface area contributed by atoms with Gasteiger partial charge in [-0.15, -0.1) is 0 Å². The van der Waals surface area contributed by atoms with Gasteiger partial charge in [0, 0.05) is 25.3 Å². The van der Waals surface area contributed by atoms with Gasteiger partial charge in [-0.2, -0.15) is 0 Å². The summed E-state index contributed by atoms with van der Waals surface area (Å²) in [5.41, 5.74) is 0. The minimum atomic E-state index is -0.252. The number of aromatic nitrogens is 1. The van der Waals surface area contributed by atoms with Crippen molar-refractivity contribution in [3.8, 4) is 0 Å². The van der Waals surface area contributed by atoms with E-state index in [1.165, 1.54) is 6.20 Å². The third-order valence-corrected chi connectivity index (χ3v) is 4.58. The number of carbonyl (C=O) groups excluding carboxylic acids is 2. The van der Waals surface area contributed by atoms with Crippen LogP contribution in [-0.4, -0.2) is 58.3 Å². The van der Waals surface area contributed by atoms with Crippen LogP contribution in [-0.2, 0) is 9.59 Å². The molecule has 1 N–H and O–H groups in total. The zero-order chi connectivity index (χ0) is 15.7. The lowest BCUT2D eigenvalue weighted by molar-refractivity contribution is -0.143. The van der Waals surface area contributed by atoms with Gasteiger partial charge >= 0.3 is 0 Å². The first-order valence-corrected chi connectivity index (χ1v) is 7.88. The Morgan fingerprint density at radius 1 is 1.50 bits per heavy atom. The van der Waals surface area contributed by atoms with Gasteiger partial charge in [0.25, 0.3) is 0 Å². The van der Waals surface area contributed by atoms with Crippen molar-refractivity contribution in [2.24, 2.45) is 0 Å². The van der Waals surface area contributed by atoms with Gasteiger partial charge in [0.1, 0.15) is 5.82 Å². The summed E-state index contributed by atoms with van der Waals surface area (Å²) in [4.78, 5) is 32.4. The first-order chi connectivity index (χ1) is 10.5. The third kappa shape index (κ3) is 3.08. The molecule has 2 aliphatic rings. The second kappa shape index (κ2) is 6.22. The van der Waals surface area contributed by atoms with E-state index >= 15 is 0 Å². The minimum absolute atomic E-state index is 0.131. The minimum Gasteiger partial charge on any atom is -0.337 e. The fourth-order valence-corrected chi connectivity index (χ4v) is 3.27. The molecule has 0 aromatic carbocycles. The molecule has 2 aliphatic heterocycles. The van der Waals surface area contributed by atoms with Crippen molar-refractivity contribution in [3.63, 3.8) is 0 Å². The van der Waals surface area contributed by atoms with Crippen LogP contribution in [0.1, 0.15) is 19.8 Å². The van der Waals surface area contributed by atoms with Gasteiger partial charge in [0.05, 0.1) is 17.6 Å². The van der Waals surface area contributed by atoms with Crippen LogP contribution in [0.25, 0.3) is 0 Å². The lowest BCUT2D eigenvalue weighted by atomic mass is 10.1. The van der Waals surface area contributed by atoms with Crippen LogP contribution in [0.5, 0.6) is 0 Å². The molecule has 7 heteroatoms. The highest BCUT2D eigenvalue weighted by Gasteiger charge is 2.40. The van der Waals surface area contributed by atoms with E-state index in [1.807, 2.05) is 16.7 Å². The molecule has 2 atom stereocenters. The Kier molecular flexibility index (Phi) is 4.31. The highest BCUT2D eigenvalue weighted by Crippen LogP contribution is 2.25. The van der Waals surface area contributed by atoms with Crippen molar-refractivity contribution in [3.05, 3.63) is 23.4 Å². The molecule has 0 unspecified atom stereocenters. The molecule has 6 nitrogen and oxygen atoms in total. The third-order valence-electron chi connectivity index (χ3n) is 4.35. The van der Waals surface area contributed by atoms with Crippen LogP contribution in [0.15, 0.2) is 18.3 Å². The van der Waals surface area contributed by atoms with E-state index in [4.69, 9.17) is 11.6 Å². The summed E-state index contributed by atoms with van der Waals surface area (Å²) in [7, 11) is 0. The maximum atomic E-state index is 12.3. The van der Waals surface area contributed by atoms with Gasteiger partial charge < -0.3 is 10.2 Å². The van der Waals surface area contributed by atoms with Gasteiger partial charge in [-0.1, -0.05) is 11.6 Å². The highest BCUT2D eigenvalue weighted by atomic mass is 35.5. The molecule has 0 spiro atoms. The number of hydrogen-bond donors (Lipinski definition) is 1. The summed E-state index contributed by atoms with van der Waals surface area (Å²) in [5, 5.41) is 3.26. The normalized spacial score (nSPS) is 25.2. The number of amides is 2. The summed E-state index contributed by atoms with van der Waals surface area (Å²) in [6.45, 7) is 3.67. The van der Waals surface area contributed by atoms with E-state index in [0.29, 0.717) is 10.8 Å². The van der Waals surface area contributed by atoms with E-state index < -0.39 is 0 Å². The van der Waals surface area contributed by atoms with Crippen molar-refractivity contribution in [2.75, 3.05) is 25.0 Å². The zero-order valence-electron chi connectivity index (χ0n) is 12.5. The molecule has 1 aromatic rings. The molecule has 0 bridgehead atoms. The number of halogens is 1. The number of fused-ring (bicyclic) bond motifs is 1. The van der Waals surface area contributed by atoms with Crippen molar-refractivity contribution in [1.82, 2.24) is 14.8 Å². The first kappa shape index (κ1) is 15.2. The van der Waals surface area contributed by atoms with Crippen LogP contribution >= 0.6 is 11.6 Å². The Morgan fingerprint density at radius 3 is 3.05 bits per heavy atom. The van der Waals surface area contributed by atoms with Gasteiger partial charge in [0.2, 0.25) is 11.8 Å². The predicted molar refractivity (Wildman–Crippen MR) is 83.6 cm³/mol. The highest BCUT2D eigenvalue weighted by molar-refractivity contribution is 6.30. The van der Waals surface area contributed by atoms with E-state index in [1.54, 1.807) is 12.1 Å². The molecule has 1 aromatic heterocycles. The molecule has 3 heterocycles. The SMILES string of the molecule is C[C@@H]1C(=O)N2CCC[C@H]2CN1CC(=O)Nc1ccc(Cl)cn1. The number of anilines is 1. The number of nitrogens with zero attached hydrogens (tertiary/aromatic N) is 3. The summed E-state index contributed by atoms with van der Waals surface area (Å²) < 4.78 is 0. The fraction of sp³-hybridized carbons (Fsp3) is 0.533. The molecule has 2 saturated heterocycles. The molecule has 22 heavy (non-hydrogen) atoms. The van der Waals surface area contributed by atoms with E-state index in [2.05, 4.69) is 10.3 Å². The lowest BCUT2D eigenvalue weighted by Crippen LogP contribution is -2.59. The van der Waals surface area contributed by atoms with E-state index in [-0.39, 0.29) is 30.4 Å². The Balaban J connectivity index is 1.61. The van der Waals surface area contributed by atoms with Crippen molar-refractivity contribution < 1.29 is 9.59 Å². The Bertz CT molecular complexity index is 577. The molecule has 118 valence electrons. The average Bonchev–Trinajstić information content (AvgIpc) is 2.95. The van der Waals surface area contributed by atoms with Crippen LogP contribution in [0.3, 0.4) is 0 Å². The monoisotopic (exact) mass is 322 g/mol. The van der Waals surface area contributed by atoms with Gasteiger partial charge in [-0.3, -0.25) is 14.5 Å². The lowest BCUT2D eigenvalue weighted by Gasteiger charge is -2.41. The fourth-order valence-electron chi connectivity index (χ4n) is 3.16. The smallest absolute Gasteiger partial charge is 0.239 e. The quantitative estimate of drug-likeness (QED) is 0.913. The first-order valence-electron chi connectivity index (χ1n) is 7.50. The van der Waals surface area contributed by atoms with Crippen LogP contribution < -0.4 is 5.32 Å². The van der Waals surface area contributed by atoms with Crippen molar-refractivity contribution in [1.29, 1.82) is 0 Å². The Hall–Kier alpha value is -1.66. The molecular formula is C15H19ClN4O2. The molecule has 0 radical (unpaired) electrons. The standard InChI is InChI=1S/C15H19ClN4O2/c1-10-15(22)20-6-2-3-12(20)8-19(10)9-14(21)18-13-5-4-11(16)7-17-13/h4-5,7,10,12H,2-3,6,8-9H2,1H3,(H,17,18,21)/t10-,12+/m1/s1. The largest absolute Gasteiger partial charge is 0.337 e. The van der Waals surface area contributed by atoms with Crippen LogP contribution in [0.4, 0.5) is 5.82 Å². The Morgan fingerprint density at radius 2 is 2.32 bits per heavy atom. The summed E-state index contributed by atoms with van der Waals surface area (Å²) in [5.74, 6) is 0.431. The van der Waals surface area contributed by atoms with E-state index in [0.717, 1.165) is 25.9 Å². The topological polar surface area (TPSA) is 65.5 Å². The van der Waals surface area contributed by atoms with Crippen LogP contribution in [0.2, 0.25) is 5.02 Å². The number of rotatable bonds is 3. The van der Waals surface area contributed by atoms with Gasteiger partial charge in [0.15, 0.2) is 0 Å². The molecule has 2 fully saturated rings. The van der Waals surface area contributed by atoms with Gasteiger partial charge in [-0.25, -0.2) is 4.98 Å². The predicted octanol–water partition coefficient (Wildman–Crippen LogP) is 1.37. The summed E-state index contributed by atoms with van der Waals surface area (Å²) >= 11 is 5.77. The maximum Gasteiger partial charge on any atom is 0.239 e. The Labute approximate surface area is 134 Å². The molecule has 0 aliphatic carbocycles. The molecule has 3 rings (SSSR count). The van der Waals surface area contributed by atoms with Crippen LogP contribution in [0, 0.1) is 0 Å². The van der Waals surface area contributed by atoms with Gasteiger partial charge in [-0.05, 0) is 31.9 Å². The second-order valence-corrected chi connectivity index (χ2v) is 6.28. The van der Waals surface area contributed by atoms with E-state index in [9.17, 15) is 9.59 Å². The number of hydrogen-bond acceptors (Lipinski definition) is 4. The molecule has 0 saturated carbocycles. The second-order valence-electron chi connectivity index (χ2n) is 5.84. The van der Waals surface area contributed by atoms with Crippen molar-refractivity contribution >= 4 is 29.2 Å². The molecule has 2 amide bonds. The summed E-state index contributed by atoms with van der Waals surface area (Å²) in [6, 6.07) is 3.33. The number of pyridine rings is 1. The average molecular weight is 323 g/mol. The van der Waals surface area contributed by atoms with Crippen molar-refractivity contribution in [2.45, 2.75) is 31.8 Å². The number of carbonyl (C=O) groups is 2. The number of nitrogens with one attached hydrogen (secondary N) is 1. The summed E-state index contributed by atoms with van der Waals surface area (Å²) in [6.07, 6.45) is 3.56.